The molecule has 0 spiro atoms. The van der Waals surface area contributed by atoms with Crippen molar-refractivity contribution in [1.82, 2.24) is 0 Å². The summed E-state index contributed by atoms with van der Waals surface area (Å²) in [5, 5.41) is 0. The minimum atomic E-state index is 0.952. The van der Waals surface area contributed by atoms with E-state index < -0.39 is 0 Å². The zero-order valence-electron chi connectivity index (χ0n) is 30.2. The van der Waals surface area contributed by atoms with E-state index in [-0.39, 0.29) is 0 Å². The third kappa shape index (κ3) is 23.2. The van der Waals surface area contributed by atoms with Crippen LogP contribution < -0.4 is 4.74 Å². The zero-order chi connectivity index (χ0) is 31.9. The molecule has 0 aliphatic rings. The van der Waals surface area contributed by atoms with Gasteiger partial charge in [-0.2, -0.15) is 0 Å². The second-order valence-corrected chi connectivity index (χ2v) is 14.1. The van der Waals surface area contributed by atoms with Crippen LogP contribution in [0.2, 0.25) is 0 Å². The second kappa shape index (κ2) is 29.6. The predicted octanol–water partition coefficient (Wildman–Crippen LogP) is 15.5. The van der Waals surface area contributed by atoms with E-state index in [9.17, 15) is 0 Å². The Balaban J connectivity index is 1.44. The molecule has 0 aliphatic heterocycles. The molecule has 0 aliphatic carbocycles. The maximum absolute atomic E-state index is 6.22. The molecule has 1 nitrogen and oxygen atoms in total. The molecule has 2 rings (SSSR count). The Morgan fingerprint density at radius 2 is 0.689 bits per heavy atom. The van der Waals surface area contributed by atoms with Gasteiger partial charge in [0.2, 0.25) is 0 Å². The topological polar surface area (TPSA) is 9.23 Å². The van der Waals surface area contributed by atoms with Crippen molar-refractivity contribution in [1.29, 1.82) is 0 Å². The fourth-order valence-corrected chi connectivity index (χ4v) is 6.67. The minimum absolute atomic E-state index is 0.952. The van der Waals surface area contributed by atoms with Crippen LogP contribution in [-0.2, 0) is 12.8 Å². The smallest absolute Gasteiger partial charge is 0.127 e. The molecule has 0 amide bonds. The molecule has 256 valence electrons. The van der Waals surface area contributed by atoms with Crippen LogP contribution in [0.15, 0.2) is 48.5 Å². The summed E-state index contributed by atoms with van der Waals surface area (Å²) in [4.78, 5) is 0. The Labute approximate surface area is 281 Å². The van der Waals surface area contributed by atoms with E-state index in [1.807, 2.05) is 0 Å². The number of ether oxygens (including phenoxy) is 1. The van der Waals surface area contributed by atoms with Crippen LogP contribution in [0.4, 0.5) is 0 Å². The van der Waals surface area contributed by atoms with Gasteiger partial charge in [0.1, 0.15) is 11.5 Å². The molecule has 45 heavy (non-hydrogen) atoms. The molecular formula is C44H74O. The van der Waals surface area contributed by atoms with Crippen molar-refractivity contribution in [2.24, 2.45) is 0 Å². The molecular weight excluding hydrogens is 544 g/mol. The molecule has 0 unspecified atom stereocenters. The minimum Gasteiger partial charge on any atom is -0.457 e. The van der Waals surface area contributed by atoms with Crippen LogP contribution in [0.3, 0.4) is 0 Å². The molecule has 0 fully saturated rings. The lowest BCUT2D eigenvalue weighted by atomic mass is 10.0. The predicted molar refractivity (Wildman–Crippen MR) is 201 cm³/mol. The van der Waals surface area contributed by atoms with Crippen LogP contribution >= 0.6 is 0 Å². The van der Waals surface area contributed by atoms with E-state index in [1.54, 1.807) is 0 Å². The summed E-state index contributed by atoms with van der Waals surface area (Å²) >= 11 is 0. The Morgan fingerprint density at radius 3 is 1.09 bits per heavy atom. The van der Waals surface area contributed by atoms with E-state index in [1.165, 1.54) is 197 Å². The summed E-state index contributed by atoms with van der Waals surface area (Å²) in [5.41, 5.74) is 2.84. The first-order chi connectivity index (χ1) is 22.3. The van der Waals surface area contributed by atoms with Crippen molar-refractivity contribution in [3.8, 4) is 11.5 Å². The SMILES string of the molecule is CCCCCCCCCCCCCCCCc1ccc(Oc2cccc(CCCCCCCCCCCCCCCC)c2)cc1. The van der Waals surface area contributed by atoms with E-state index in [4.69, 9.17) is 4.74 Å². The number of hydrogen-bond donors (Lipinski definition) is 0. The average molecular weight is 619 g/mol. The van der Waals surface area contributed by atoms with Crippen molar-refractivity contribution in [2.75, 3.05) is 0 Å². The fourth-order valence-electron chi connectivity index (χ4n) is 6.67. The lowest BCUT2D eigenvalue weighted by Gasteiger charge is -2.09. The number of rotatable bonds is 32. The monoisotopic (exact) mass is 619 g/mol. The molecule has 2 aromatic carbocycles. The van der Waals surface area contributed by atoms with Gasteiger partial charge in [0.05, 0.1) is 0 Å². The molecule has 0 N–H and O–H groups in total. The van der Waals surface area contributed by atoms with Gasteiger partial charge in [-0.3, -0.25) is 0 Å². The number of hydrogen-bond acceptors (Lipinski definition) is 1. The maximum atomic E-state index is 6.22. The van der Waals surface area contributed by atoms with Crippen LogP contribution in [0, 0.1) is 0 Å². The highest BCUT2D eigenvalue weighted by Gasteiger charge is 2.02. The summed E-state index contributed by atoms with van der Waals surface area (Å²) in [5.74, 6) is 1.92. The van der Waals surface area contributed by atoms with Crippen LogP contribution in [0.1, 0.15) is 205 Å². The van der Waals surface area contributed by atoms with E-state index in [0.717, 1.165) is 17.9 Å². The summed E-state index contributed by atoms with van der Waals surface area (Å²) in [6.45, 7) is 4.60. The van der Waals surface area contributed by atoms with Gasteiger partial charge >= 0.3 is 0 Å². The van der Waals surface area contributed by atoms with Crippen LogP contribution in [-0.4, -0.2) is 0 Å². The average Bonchev–Trinajstić information content (AvgIpc) is 3.06. The molecule has 0 saturated carbocycles. The summed E-state index contributed by atoms with van der Waals surface area (Å²) < 4.78 is 6.22. The third-order valence-corrected chi connectivity index (χ3v) is 9.70. The third-order valence-electron chi connectivity index (χ3n) is 9.70. The molecule has 0 radical (unpaired) electrons. The van der Waals surface area contributed by atoms with E-state index in [0.29, 0.717) is 0 Å². The fraction of sp³-hybridized carbons (Fsp3) is 0.727. The number of unbranched alkanes of at least 4 members (excludes halogenated alkanes) is 26. The highest BCUT2D eigenvalue weighted by Crippen LogP contribution is 2.24. The molecule has 0 atom stereocenters. The standard InChI is InChI=1S/C44H74O/c1-3-5-7-9-11-13-15-17-19-21-23-25-27-29-32-41-36-38-43(39-37-41)45-44-35-31-34-42(40-44)33-30-28-26-24-22-20-18-16-14-12-10-8-6-4-2/h31,34-40H,3-30,32-33H2,1-2H3. The summed E-state index contributed by atoms with van der Waals surface area (Å²) in [6.07, 6.45) is 42.0. The van der Waals surface area contributed by atoms with Crippen molar-refractivity contribution >= 4 is 0 Å². The number of benzene rings is 2. The van der Waals surface area contributed by atoms with Crippen LogP contribution in [0.5, 0.6) is 11.5 Å². The molecule has 0 heterocycles. The first-order valence-electron chi connectivity index (χ1n) is 20.2. The Bertz CT molecular complexity index is 884. The Hall–Kier alpha value is -1.76. The maximum Gasteiger partial charge on any atom is 0.127 e. The van der Waals surface area contributed by atoms with Gasteiger partial charge in [0, 0.05) is 0 Å². The zero-order valence-corrected chi connectivity index (χ0v) is 30.2. The van der Waals surface area contributed by atoms with Gasteiger partial charge in [0.15, 0.2) is 0 Å². The molecule has 1 heteroatoms. The number of aryl methyl sites for hydroxylation is 2. The first kappa shape index (κ1) is 39.4. The molecule has 2 aromatic rings. The highest BCUT2D eigenvalue weighted by atomic mass is 16.5. The Morgan fingerprint density at radius 1 is 0.333 bits per heavy atom. The van der Waals surface area contributed by atoms with Gasteiger partial charge < -0.3 is 4.74 Å². The van der Waals surface area contributed by atoms with E-state index in [2.05, 4.69) is 62.4 Å². The van der Waals surface area contributed by atoms with Gasteiger partial charge in [-0.25, -0.2) is 0 Å². The molecule has 0 aromatic heterocycles. The van der Waals surface area contributed by atoms with Crippen molar-refractivity contribution in [2.45, 2.75) is 206 Å². The van der Waals surface area contributed by atoms with Crippen molar-refractivity contribution in [3.05, 3.63) is 59.7 Å². The quantitative estimate of drug-likeness (QED) is 0.0741. The largest absolute Gasteiger partial charge is 0.457 e. The second-order valence-electron chi connectivity index (χ2n) is 14.1. The van der Waals surface area contributed by atoms with Crippen molar-refractivity contribution in [3.63, 3.8) is 0 Å². The normalized spacial score (nSPS) is 11.3. The van der Waals surface area contributed by atoms with Gasteiger partial charge in [-0.15, -0.1) is 0 Å². The molecule has 0 bridgehead atoms. The van der Waals surface area contributed by atoms with Crippen molar-refractivity contribution < 1.29 is 4.74 Å². The Kier molecular flexibility index (Phi) is 26.0. The summed E-state index contributed by atoms with van der Waals surface area (Å²) in [6, 6.07) is 17.6. The van der Waals surface area contributed by atoms with E-state index >= 15 is 0 Å². The van der Waals surface area contributed by atoms with Gasteiger partial charge in [-0.05, 0) is 61.1 Å². The lowest BCUT2D eigenvalue weighted by molar-refractivity contribution is 0.481. The van der Waals surface area contributed by atoms with Gasteiger partial charge in [0.25, 0.3) is 0 Å². The summed E-state index contributed by atoms with van der Waals surface area (Å²) in [7, 11) is 0. The highest BCUT2D eigenvalue weighted by molar-refractivity contribution is 5.35. The van der Waals surface area contributed by atoms with Crippen LogP contribution in [0.25, 0.3) is 0 Å². The lowest BCUT2D eigenvalue weighted by Crippen LogP contribution is -1.90. The first-order valence-corrected chi connectivity index (χ1v) is 20.2. The molecule has 0 saturated heterocycles. The van der Waals surface area contributed by atoms with Gasteiger partial charge in [-0.1, -0.05) is 205 Å².